The fourth-order valence-corrected chi connectivity index (χ4v) is 5.60. The summed E-state index contributed by atoms with van der Waals surface area (Å²) in [7, 11) is 0. The predicted molar refractivity (Wildman–Crippen MR) is 135 cm³/mol. The number of carbonyl (C=O) groups is 2. The molecule has 0 unspecified atom stereocenters. The van der Waals surface area contributed by atoms with E-state index in [1.165, 1.54) is 6.07 Å². The van der Waals surface area contributed by atoms with E-state index in [0.717, 1.165) is 34.9 Å². The van der Waals surface area contributed by atoms with E-state index in [2.05, 4.69) is 5.10 Å². The molecule has 2 aliphatic carbocycles. The van der Waals surface area contributed by atoms with E-state index in [-0.39, 0.29) is 30.3 Å². The highest BCUT2D eigenvalue weighted by Gasteiger charge is 2.58. The zero-order chi connectivity index (χ0) is 25.3. The fourth-order valence-electron chi connectivity index (χ4n) is 5.60. The zero-order valence-corrected chi connectivity index (χ0v) is 20.4. The molecule has 3 aromatic rings. The van der Waals surface area contributed by atoms with Crippen molar-refractivity contribution in [2.45, 2.75) is 37.8 Å². The van der Waals surface area contributed by atoms with Crippen molar-refractivity contribution in [2.75, 3.05) is 26.2 Å². The van der Waals surface area contributed by atoms with Gasteiger partial charge < -0.3 is 10.0 Å². The van der Waals surface area contributed by atoms with E-state index in [4.69, 9.17) is 4.99 Å². The summed E-state index contributed by atoms with van der Waals surface area (Å²) in [6.07, 6.45) is 5.12. The molecule has 2 amide bonds. The summed E-state index contributed by atoms with van der Waals surface area (Å²) in [6, 6.07) is 10.9. The maximum atomic E-state index is 15.6. The van der Waals surface area contributed by atoms with Crippen LogP contribution in [-0.4, -0.2) is 74.1 Å². The minimum atomic E-state index is -0.715. The van der Waals surface area contributed by atoms with Crippen LogP contribution in [0.4, 0.5) is 4.39 Å². The predicted octanol–water partition coefficient (Wildman–Crippen LogP) is 2.82. The molecule has 2 aliphatic heterocycles. The zero-order valence-electron chi connectivity index (χ0n) is 20.4. The van der Waals surface area contributed by atoms with Crippen LogP contribution in [0.15, 0.2) is 47.6 Å². The van der Waals surface area contributed by atoms with E-state index in [1.807, 2.05) is 29.2 Å². The largest absolute Gasteiger partial charge is 0.394 e. The van der Waals surface area contributed by atoms with Crippen LogP contribution >= 0.6 is 0 Å². The summed E-state index contributed by atoms with van der Waals surface area (Å²) >= 11 is 0. The molecule has 1 saturated heterocycles. The average Bonchev–Trinajstić information content (AvgIpc) is 3.79. The fraction of sp³-hybridized carbons (Fsp3) is 0.429. The lowest BCUT2D eigenvalue weighted by molar-refractivity contribution is -0.139. The van der Waals surface area contributed by atoms with Crippen molar-refractivity contribution in [3.63, 3.8) is 0 Å². The summed E-state index contributed by atoms with van der Waals surface area (Å²) in [5.41, 5.74) is 2.11. The van der Waals surface area contributed by atoms with Gasteiger partial charge in [0.05, 0.1) is 30.4 Å². The lowest BCUT2D eigenvalue weighted by Crippen LogP contribution is -2.55. The number of aliphatic imine (C=N–C) groups is 1. The van der Waals surface area contributed by atoms with E-state index in [9.17, 15) is 14.7 Å². The number of aromatic nitrogens is 2. The molecule has 4 aliphatic rings. The number of nitrogens with zero attached hydrogens (tertiary/aromatic N) is 5. The molecule has 0 radical (unpaired) electrons. The van der Waals surface area contributed by atoms with E-state index < -0.39 is 11.4 Å². The number of rotatable bonds is 7. The number of hydrogen-bond acceptors (Lipinski definition) is 5. The van der Waals surface area contributed by atoms with Gasteiger partial charge in [0.25, 0.3) is 5.91 Å². The Morgan fingerprint density at radius 2 is 1.86 bits per heavy atom. The van der Waals surface area contributed by atoms with Gasteiger partial charge in [0.2, 0.25) is 5.91 Å². The Morgan fingerprint density at radius 3 is 2.57 bits per heavy atom. The van der Waals surface area contributed by atoms with Gasteiger partial charge in [0.15, 0.2) is 0 Å². The van der Waals surface area contributed by atoms with Crippen molar-refractivity contribution in [2.24, 2.45) is 16.8 Å². The molecular weight excluding hydrogens is 473 g/mol. The number of fused-ring (bicyclic) bond motifs is 1. The first kappa shape index (κ1) is 22.6. The van der Waals surface area contributed by atoms with Gasteiger partial charge in [0.1, 0.15) is 17.2 Å². The Bertz CT molecular complexity index is 1470. The van der Waals surface area contributed by atoms with Crippen LogP contribution in [0.5, 0.6) is 0 Å². The summed E-state index contributed by atoms with van der Waals surface area (Å²) in [5, 5.41) is 14.4. The van der Waals surface area contributed by atoms with Crippen LogP contribution in [0.25, 0.3) is 22.0 Å². The topological polar surface area (TPSA) is 91.0 Å². The third kappa shape index (κ3) is 3.75. The minimum Gasteiger partial charge on any atom is -0.394 e. The van der Waals surface area contributed by atoms with E-state index >= 15 is 4.39 Å². The van der Waals surface area contributed by atoms with Gasteiger partial charge >= 0.3 is 0 Å². The number of hydrogen-bond donors (Lipinski definition) is 1. The summed E-state index contributed by atoms with van der Waals surface area (Å²) in [6.45, 7) is 2.19. The molecule has 9 heteroatoms. The van der Waals surface area contributed by atoms with E-state index in [0.29, 0.717) is 50.4 Å². The molecule has 7 rings (SSSR count). The van der Waals surface area contributed by atoms with Crippen molar-refractivity contribution in [3.8, 4) is 11.1 Å². The van der Waals surface area contributed by atoms with Gasteiger partial charge in [-0.2, -0.15) is 5.10 Å². The maximum absolute atomic E-state index is 15.6. The quantitative estimate of drug-likeness (QED) is 0.539. The Morgan fingerprint density at radius 1 is 1.11 bits per heavy atom. The molecule has 3 fully saturated rings. The number of likely N-dealkylation sites (tertiary alicyclic amines) is 1. The molecule has 0 bridgehead atoms. The highest BCUT2D eigenvalue weighted by atomic mass is 19.1. The van der Waals surface area contributed by atoms with Gasteiger partial charge in [-0.3, -0.25) is 24.2 Å². The number of amides is 2. The second-order valence-electron chi connectivity index (χ2n) is 10.8. The molecule has 1 aromatic heterocycles. The Kier molecular flexibility index (Phi) is 5.01. The van der Waals surface area contributed by atoms with Crippen LogP contribution in [0.3, 0.4) is 0 Å². The third-order valence-electron chi connectivity index (χ3n) is 8.08. The third-order valence-corrected chi connectivity index (χ3v) is 8.08. The van der Waals surface area contributed by atoms with Gasteiger partial charge in [-0.15, -0.1) is 0 Å². The normalized spacial score (nSPS) is 20.6. The first-order chi connectivity index (χ1) is 18.0. The number of aliphatic hydroxyl groups excluding tert-OH is 1. The molecule has 3 heterocycles. The van der Waals surface area contributed by atoms with Crippen LogP contribution in [-0.2, 0) is 16.1 Å². The smallest absolute Gasteiger partial charge is 0.256 e. The monoisotopic (exact) mass is 501 g/mol. The maximum Gasteiger partial charge on any atom is 0.256 e. The second-order valence-corrected chi connectivity index (χ2v) is 10.8. The molecule has 8 nitrogen and oxygen atoms in total. The minimum absolute atomic E-state index is 0.00743. The first-order valence-corrected chi connectivity index (χ1v) is 13.0. The van der Waals surface area contributed by atoms with E-state index in [1.54, 1.807) is 21.8 Å². The summed E-state index contributed by atoms with van der Waals surface area (Å²) < 4.78 is 17.3. The van der Waals surface area contributed by atoms with Crippen molar-refractivity contribution < 1.29 is 19.1 Å². The number of amidine groups is 1. The van der Waals surface area contributed by atoms with Crippen molar-refractivity contribution in [1.29, 1.82) is 0 Å². The van der Waals surface area contributed by atoms with Crippen molar-refractivity contribution >= 4 is 28.6 Å². The Labute approximate surface area is 213 Å². The number of benzene rings is 2. The number of carbonyl (C=O) groups excluding carboxylic acids is 2. The van der Waals surface area contributed by atoms with Gasteiger partial charge in [-0.05, 0) is 61.1 Å². The summed E-state index contributed by atoms with van der Waals surface area (Å²) in [4.78, 5) is 33.8. The SMILES string of the molecule is O=C(C1CC1)N1CC(CN2C(=O)C3(CC3)N=C2c2ccc(-c3ccc4c(cnn4CCO)c3)cc2F)C1. The van der Waals surface area contributed by atoms with Crippen LogP contribution < -0.4 is 0 Å². The van der Waals surface area contributed by atoms with Crippen molar-refractivity contribution in [3.05, 3.63) is 54.0 Å². The Balaban J connectivity index is 1.13. The highest BCUT2D eigenvalue weighted by Crippen LogP contribution is 2.46. The van der Waals surface area contributed by atoms with Crippen molar-refractivity contribution in [1.82, 2.24) is 19.6 Å². The molecule has 37 heavy (non-hydrogen) atoms. The van der Waals surface area contributed by atoms with Crippen LogP contribution in [0.2, 0.25) is 0 Å². The molecular formula is C28H28FN5O3. The molecule has 1 N–H and O–H groups in total. The van der Waals surface area contributed by atoms with Gasteiger partial charge in [-0.25, -0.2) is 4.39 Å². The molecule has 190 valence electrons. The molecule has 0 atom stereocenters. The van der Waals surface area contributed by atoms with Gasteiger partial charge in [0, 0.05) is 36.9 Å². The number of aliphatic hydroxyl groups is 1. The molecule has 2 saturated carbocycles. The molecule has 2 aromatic carbocycles. The second kappa shape index (κ2) is 8.21. The standard InChI is InChI=1S/C28H28FN5O3/c29-23-12-20(19-4-6-24-21(11-19)13-30-34(24)9-10-35)3-5-22(23)25-31-28(7-8-28)27(37)33(25)16-17-14-32(15-17)26(36)18-1-2-18/h3-6,11-13,17-18,35H,1-2,7-10,14-16H2. The average molecular weight is 502 g/mol. The highest BCUT2D eigenvalue weighted by molar-refractivity contribution is 6.16. The lowest BCUT2D eigenvalue weighted by Gasteiger charge is -2.41. The number of halogens is 1. The molecule has 1 spiro atoms. The lowest BCUT2D eigenvalue weighted by atomic mass is 9.97. The van der Waals surface area contributed by atoms with Crippen LogP contribution in [0, 0.1) is 17.7 Å². The van der Waals surface area contributed by atoms with Crippen LogP contribution in [0.1, 0.15) is 31.2 Å². The van der Waals surface area contributed by atoms with Gasteiger partial charge in [-0.1, -0.05) is 12.1 Å². The summed E-state index contributed by atoms with van der Waals surface area (Å²) in [5.74, 6) is 0.583. The first-order valence-electron chi connectivity index (χ1n) is 13.0. The Hall–Kier alpha value is -3.59.